The SMILES string of the molecule is CC[C@H](C)[C@H](NC(=O)[C@@H]1CCCN1C(=O)[C@H](Cc1ccc(O)cc1)NC(=O)[C@H](C)N)C(=O)N[C@@H](C)C(=O)N[C@@H](CCC(N)=O)C(=O)N[C@@H](CCCCN)C(=O)N[C@@H](CO)C(=O)N[C@@H](CCC(=O)O)C(=O)O. The van der Waals surface area contributed by atoms with E-state index in [1.807, 2.05) is 0 Å². The number of likely N-dealkylation sites (tertiary alicyclic amines) is 1. The third kappa shape index (κ3) is 20.1. The van der Waals surface area contributed by atoms with Crippen molar-refractivity contribution >= 4 is 65.1 Å². The van der Waals surface area contributed by atoms with Crippen molar-refractivity contribution in [3.05, 3.63) is 29.8 Å². The van der Waals surface area contributed by atoms with Crippen LogP contribution in [-0.4, -0.2) is 165 Å². The summed E-state index contributed by atoms with van der Waals surface area (Å²) in [4.78, 5) is 144. The van der Waals surface area contributed by atoms with Crippen LogP contribution >= 0.6 is 0 Å². The number of unbranched alkanes of at least 4 members (excludes halogenated alkanes) is 1. The average Bonchev–Trinajstić information content (AvgIpc) is 3.82. The summed E-state index contributed by atoms with van der Waals surface area (Å²) in [6, 6.07) is -6.18. The van der Waals surface area contributed by atoms with E-state index in [4.69, 9.17) is 22.3 Å². The Morgan fingerprint density at radius 1 is 0.690 bits per heavy atom. The molecule has 1 aromatic rings. The summed E-state index contributed by atoms with van der Waals surface area (Å²) < 4.78 is 0. The number of nitrogens with one attached hydrogen (secondary N) is 7. The van der Waals surface area contributed by atoms with E-state index in [2.05, 4.69) is 37.2 Å². The third-order valence-electron chi connectivity index (χ3n) is 11.8. The summed E-state index contributed by atoms with van der Waals surface area (Å²) >= 11 is 0. The maximum absolute atomic E-state index is 14.0. The van der Waals surface area contributed by atoms with Crippen LogP contribution in [0.5, 0.6) is 5.75 Å². The van der Waals surface area contributed by atoms with E-state index in [-0.39, 0.29) is 50.9 Å². The minimum atomic E-state index is -1.75. The molecule has 1 aliphatic heterocycles. The first-order chi connectivity index (χ1) is 33.4. The van der Waals surface area contributed by atoms with Crippen LogP contribution in [0.4, 0.5) is 0 Å². The maximum Gasteiger partial charge on any atom is 0.326 e. The Hall–Kier alpha value is -6.93. The second-order valence-corrected chi connectivity index (χ2v) is 17.5. The number of rotatable bonds is 31. The quantitative estimate of drug-likeness (QED) is 0.0316. The van der Waals surface area contributed by atoms with Crippen molar-refractivity contribution in [2.75, 3.05) is 19.7 Å². The number of carboxylic acid groups (broad SMARTS) is 2. The van der Waals surface area contributed by atoms with E-state index in [0.717, 1.165) is 0 Å². The van der Waals surface area contributed by atoms with Crippen LogP contribution in [0.25, 0.3) is 0 Å². The van der Waals surface area contributed by atoms with Gasteiger partial charge in [-0.25, -0.2) is 4.79 Å². The molecule has 0 bridgehead atoms. The van der Waals surface area contributed by atoms with Gasteiger partial charge >= 0.3 is 11.9 Å². The molecule has 0 radical (unpaired) electrons. The molecule has 0 saturated carbocycles. The summed E-state index contributed by atoms with van der Waals surface area (Å²) in [7, 11) is 0. The number of nitrogens with two attached hydrogens (primary N) is 3. The number of carbonyl (C=O) groups excluding carboxylic acids is 9. The van der Waals surface area contributed by atoms with Gasteiger partial charge in [0.1, 0.15) is 54.1 Å². The van der Waals surface area contributed by atoms with Gasteiger partial charge in [0.2, 0.25) is 53.2 Å². The lowest BCUT2D eigenvalue weighted by Crippen LogP contribution is -2.60. The van der Waals surface area contributed by atoms with Crippen molar-refractivity contribution in [1.82, 2.24) is 42.1 Å². The molecule has 0 aromatic heterocycles. The van der Waals surface area contributed by atoms with Crippen molar-refractivity contribution < 1.29 is 73.2 Å². The van der Waals surface area contributed by atoms with Gasteiger partial charge in [0, 0.05) is 25.8 Å². The number of amides is 9. The lowest BCUT2D eigenvalue weighted by molar-refractivity contribution is -0.144. The number of hydrogen-bond donors (Lipinski definition) is 14. The largest absolute Gasteiger partial charge is 0.508 e. The zero-order valence-electron chi connectivity index (χ0n) is 40.4. The highest BCUT2D eigenvalue weighted by Gasteiger charge is 2.40. The number of aliphatic hydroxyl groups excluding tert-OH is 1. The molecule has 2 rings (SSSR count). The molecular formula is C45H71N11O15. The molecule has 9 amide bonds. The Morgan fingerprint density at radius 2 is 1.24 bits per heavy atom. The Balaban J connectivity index is 2.26. The van der Waals surface area contributed by atoms with E-state index in [0.29, 0.717) is 24.8 Å². The van der Waals surface area contributed by atoms with Crippen molar-refractivity contribution in [1.29, 1.82) is 0 Å². The number of carboxylic acids is 2. The Kier molecular flexibility index (Phi) is 25.4. The molecule has 1 heterocycles. The van der Waals surface area contributed by atoms with E-state index in [1.165, 1.54) is 30.9 Å². The highest BCUT2D eigenvalue weighted by atomic mass is 16.4. The summed E-state index contributed by atoms with van der Waals surface area (Å²) in [5.74, 6) is -11.1. The molecular weight excluding hydrogens is 935 g/mol. The maximum atomic E-state index is 14.0. The number of phenols is 1. The fraction of sp³-hybridized carbons (Fsp3) is 0.622. The van der Waals surface area contributed by atoms with E-state index in [9.17, 15) is 68.1 Å². The molecule has 1 aliphatic rings. The highest BCUT2D eigenvalue weighted by Crippen LogP contribution is 2.22. The first kappa shape index (κ1) is 60.2. The molecule has 1 saturated heterocycles. The minimum Gasteiger partial charge on any atom is -0.508 e. The van der Waals surface area contributed by atoms with E-state index in [1.54, 1.807) is 26.0 Å². The molecule has 0 aliphatic carbocycles. The monoisotopic (exact) mass is 1010 g/mol. The van der Waals surface area contributed by atoms with Crippen molar-refractivity contribution in [3.8, 4) is 5.75 Å². The van der Waals surface area contributed by atoms with Gasteiger partial charge in [-0.05, 0) is 89.0 Å². The van der Waals surface area contributed by atoms with Gasteiger partial charge < -0.3 is 79.7 Å². The van der Waals surface area contributed by atoms with Crippen molar-refractivity contribution in [3.63, 3.8) is 0 Å². The number of phenolic OH excluding ortho intramolecular Hbond substituents is 1. The van der Waals surface area contributed by atoms with Gasteiger partial charge in [0.15, 0.2) is 0 Å². The van der Waals surface area contributed by atoms with Crippen LogP contribution in [0.2, 0.25) is 0 Å². The summed E-state index contributed by atoms with van der Waals surface area (Å²) in [6.45, 7) is 5.49. The van der Waals surface area contributed by atoms with Crippen LogP contribution in [0.3, 0.4) is 0 Å². The lowest BCUT2D eigenvalue weighted by atomic mass is 9.97. The summed E-state index contributed by atoms with van der Waals surface area (Å²) in [5.41, 5.74) is 17.3. The zero-order valence-corrected chi connectivity index (χ0v) is 40.4. The molecule has 1 aromatic carbocycles. The van der Waals surface area contributed by atoms with Crippen molar-refractivity contribution in [2.24, 2.45) is 23.1 Å². The van der Waals surface area contributed by atoms with Crippen LogP contribution in [0.1, 0.15) is 97.5 Å². The highest BCUT2D eigenvalue weighted by molar-refractivity contribution is 5.98. The Labute approximate surface area is 410 Å². The third-order valence-corrected chi connectivity index (χ3v) is 11.8. The zero-order chi connectivity index (χ0) is 53.5. The van der Waals surface area contributed by atoms with Gasteiger partial charge in [-0.1, -0.05) is 32.4 Å². The molecule has 26 heteroatoms. The van der Waals surface area contributed by atoms with Crippen LogP contribution in [0.15, 0.2) is 24.3 Å². The number of benzene rings is 1. The second-order valence-electron chi connectivity index (χ2n) is 17.5. The van der Waals surface area contributed by atoms with Gasteiger partial charge in [0.05, 0.1) is 12.6 Å². The number of primary amides is 1. The molecule has 0 unspecified atom stereocenters. The predicted molar refractivity (Wildman–Crippen MR) is 252 cm³/mol. The van der Waals surface area contributed by atoms with Gasteiger partial charge in [-0.3, -0.25) is 47.9 Å². The van der Waals surface area contributed by atoms with Crippen LogP contribution in [0, 0.1) is 5.92 Å². The van der Waals surface area contributed by atoms with Crippen LogP contribution < -0.4 is 54.4 Å². The van der Waals surface area contributed by atoms with E-state index < -0.39 is 151 Å². The average molecular weight is 1010 g/mol. The Bertz CT molecular complexity index is 2040. The molecule has 26 nitrogen and oxygen atoms in total. The molecule has 17 N–H and O–H groups in total. The second kappa shape index (κ2) is 30.0. The molecule has 10 atom stereocenters. The standard InChI is InChI=1S/C45H71N11O15/c1-5-23(2)36(55-42(67)33-10-8-20-56(33)44(69)31(53-37(62)24(3)47)21-26-11-13-27(58)14-12-26)43(68)49-25(4)38(63)50-29(15-17-34(48)59)40(65)51-28(9-6-7-19-46)39(64)54-32(22-57)41(66)52-30(45(70)71)16-18-35(60)61/h11-14,23-25,28-33,36,57-58H,5-10,15-22,46-47H2,1-4H3,(H2,48,59)(H,49,68)(H,50,63)(H,51,65)(H,52,66)(H,53,62)(H,54,64)(H,55,67)(H,60,61)(H,70,71)/t23-,24-,25-,28-,29-,30-,31-,32-,33-,36-/m0/s1. The predicted octanol–water partition coefficient (Wildman–Crippen LogP) is -3.93. The molecule has 71 heavy (non-hydrogen) atoms. The van der Waals surface area contributed by atoms with Gasteiger partial charge in [-0.2, -0.15) is 0 Å². The lowest BCUT2D eigenvalue weighted by Gasteiger charge is -2.31. The first-order valence-corrected chi connectivity index (χ1v) is 23.4. The number of hydrogen-bond acceptors (Lipinski definition) is 15. The molecule has 1 fully saturated rings. The summed E-state index contributed by atoms with van der Waals surface area (Å²) in [6.07, 6.45) is -0.371. The van der Waals surface area contributed by atoms with Crippen LogP contribution in [-0.2, 0) is 59.2 Å². The van der Waals surface area contributed by atoms with Gasteiger partial charge in [0.25, 0.3) is 0 Å². The summed E-state index contributed by atoms with van der Waals surface area (Å²) in [5, 5.41) is 55.1. The fourth-order valence-corrected chi connectivity index (χ4v) is 7.34. The number of aliphatic hydroxyl groups is 1. The first-order valence-electron chi connectivity index (χ1n) is 23.4. The number of aliphatic carboxylic acids is 2. The number of nitrogens with zero attached hydrogens (tertiary/aromatic N) is 1. The number of carbonyl (C=O) groups is 11. The fourth-order valence-electron chi connectivity index (χ4n) is 7.34. The number of aromatic hydroxyl groups is 1. The Morgan fingerprint density at radius 3 is 1.79 bits per heavy atom. The smallest absolute Gasteiger partial charge is 0.326 e. The molecule has 0 spiro atoms. The topological polar surface area (TPSA) is 434 Å². The van der Waals surface area contributed by atoms with E-state index >= 15 is 0 Å². The normalized spacial score (nSPS) is 17.0. The van der Waals surface area contributed by atoms with Crippen molar-refractivity contribution in [2.45, 2.75) is 153 Å². The van der Waals surface area contributed by atoms with Gasteiger partial charge in [-0.15, -0.1) is 0 Å². The minimum absolute atomic E-state index is 0.00541. The molecule has 396 valence electrons.